The molecule has 1 nitrogen and oxygen atoms in total. The summed E-state index contributed by atoms with van der Waals surface area (Å²) in [7, 11) is 0. The zero-order valence-electron chi connectivity index (χ0n) is 10.1. The molecule has 0 heterocycles. The zero-order chi connectivity index (χ0) is 13.3. The molecule has 0 atom stereocenters. The number of halogens is 2. The predicted octanol–water partition coefficient (Wildman–Crippen LogP) is 4.84. The largest absolute Gasteiger partial charge is 0.289 e. The Kier molecular flexibility index (Phi) is 3.74. The van der Waals surface area contributed by atoms with Crippen LogP contribution in [0.3, 0.4) is 0 Å². The van der Waals surface area contributed by atoms with Crippen molar-refractivity contribution >= 4 is 29.0 Å². The van der Waals surface area contributed by atoms with Gasteiger partial charge in [-0.15, -0.1) is 0 Å². The first-order valence-corrected chi connectivity index (χ1v) is 6.33. The van der Waals surface area contributed by atoms with Crippen LogP contribution in [0.2, 0.25) is 10.0 Å². The molecule has 0 radical (unpaired) electrons. The first-order chi connectivity index (χ1) is 8.52. The van der Waals surface area contributed by atoms with Gasteiger partial charge in [-0.2, -0.15) is 0 Å². The van der Waals surface area contributed by atoms with E-state index in [1.165, 1.54) is 0 Å². The maximum Gasteiger partial charge on any atom is 0.195 e. The summed E-state index contributed by atoms with van der Waals surface area (Å²) < 4.78 is 0. The van der Waals surface area contributed by atoms with Crippen LogP contribution in [0.1, 0.15) is 27.0 Å². The smallest absolute Gasteiger partial charge is 0.195 e. The van der Waals surface area contributed by atoms with Crippen molar-refractivity contribution in [1.29, 1.82) is 0 Å². The van der Waals surface area contributed by atoms with E-state index in [4.69, 9.17) is 23.2 Å². The first kappa shape index (κ1) is 13.1. The van der Waals surface area contributed by atoms with Gasteiger partial charge in [0, 0.05) is 11.1 Å². The average molecular weight is 279 g/mol. The lowest BCUT2D eigenvalue weighted by Crippen LogP contribution is -2.07. The van der Waals surface area contributed by atoms with Crippen molar-refractivity contribution in [3.05, 3.63) is 68.7 Å². The molecule has 0 aliphatic heterocycles. The topological polar surface area (TPSA) is 17.1 Å². The van der Waals surface area contributed by atoms with E-state index in [-0.39, 0.29) is 5.78 Å². The van der Waals surface area contributed by atoms with Gasteiger partial charge in [-0.3, -0.25) is 4.79 Å². The highest BCUT2D eigenvalue weighted by Gasteiger charge is 2.17. The molecule has 0 saturated carbocycles. The van der Waals surface area contributed by atoms with Crippen molar-refractivity contribution in [1.82, 2.24) is 0 Å². The lowest BCUT2D eigenvalue weighted by atomic mass is 9.95. The molecular weight excluding hydrogens is 267 g/mol. The average Bonchev–Trinajstić information content (AvgIpc) is 2.32. The molecule has 18 heavy (non-hydrogen) atoms. The maximum absolute atomic E-state index is 12.5. The van der Waals surface area contributed by atoms with Gasteiger partial charge in [-0.25, -0.2) is 0 Å². The second-order valence-electron chi connectivity index (χ2n) is 4.20. The highest BCUT2D eigenvalue weighted by atomic mass is 35.5. The SMILES string of the molecule is Cc1cccc(C)c1C(=O)c1cccc(Cl)c1Cl. The van der Waals surface area contributed by atoms with E-state index >= 15 is 0 Å². The van der Waals surface area contributed by atoms with Gasteiger partial charge >= 0.3 is 0 Å². The Morgan fingerprint density at radius 2 is 1.50 bits per heavy atom. The number of rotatable bonds is 2. The Hall–Kier alpha value is -1.31. The van der Waals surface area contributed by atoms with Crippen molar-refractivity contribution in [2.24, 2.45) is 0 Å². The van der Waals surface area contributed by atoms with E-state index in [0.29, 0.717) is 21.2 Å². The Morgan fingerprint density at radius 3 is 2.11 bits per heavy atom. The molecule has 0 spiro atoms. The van der Waals surface area contributed by atoms with E-state index in [0.717, 1.165) is 11.1 Å². The number of benzene rings is 2. The molecule has 92 valence electrons. The normalized spacial score (nSPS) is 10.4. The van der Waals surface area contributed by atoms with Gasteiger partial charge in [0.05, 0.1) is 10.0 Å². The Balaban J connectivity index is 2.59. The first-order valence-electron chi connectivity index (χ1n) is 5.57. The molecule has 2 aromatic carbocycles. The quantitative estimate of drug-likeness (QED) is 0.719. The van der Waals surface area contributed by atoms with Crippen LogP contribution in [0.4, 0.5) is 0 Å². The number of aryl methyl sites for hydroxylation is 2. The predicted molar refractivity (Wildman–Crippen MR) is 75.8 cm³/mol. The second kappa shape index (κ2) is 5.13. The lowest BCUT2D eigenvalue weighted by Gasteiger charge is -2.10. The highest BCUT2D eigenvalue weighted by molar-refractivity contribution is 6.44. The van der Waals surface area contributed by atoms with Gasteiger partial charge in [0.2, 0.25) is 0 Å². The third kappa shape index (κ3) is 2.29. The summed E-state index contributed by atoms with van der Waals surface area (Å²) in [4.78, 5) is 12.5. The van der Waals surface area contributed by atoms with Crippen LogP contribution >= 0.6 is 23.2 Å². The molecule has 0 aromatic heterocycles. The fourth-order valence-electron chi connectivity index (χ4n) is 1.99. The van der Waals surface area contributed by atoms with Crippen LogP contribution in [-0.4, -0.2) is 5.78 Å². The zero-order valence-corrected chi connectivity index (χ0v) is 11.6. The summed E-state index contributed by atoms with van der Waals surface area (Å²) in [5, 5.41) is 0.709. The minimum atomic E-state index is -0.0851. The molecule has 3 heteroatoms. The standard InChI is InChI=1S/C15H12Cl2O/c1-9-5-3-6-10(2)13(9)15(18)11-7-4-8-12(16)14(11)17/h3-8H,1-2H3. The third-order valence-corrected chi connectivity index (χ3v) is 3.72. The number of hydrogen-bond acceptors (Lipinski definition) is 1. The summed E-state index contributed by atoms with van der Waals surface area (Å²) in [6.07, 6.45) is 0. The third-order valence-electron chi connectivity index (χ3n) is 2.90. The highest BCUT2D eigenvalue weighted by Crippen LogP contribution is 2.28. The summed E-state index contributed by atoms with van der Waals surface area (Å²) in [5.74, 6) is -0.0851. The van der Waals surface area contributed by atoms with Gasteiger partial charge in [-0.1, -0.05) is 47.5 Å². The monoisotopic (exact) mass is 278 g/mol. The van der Waals surface area contributed by atoms with Crippen LogP contribution < -0.4 is 0 Å². The Bertz CT molecular complexity index is 598. The maximum atomic E-state index is 12.5. The molecular formula is C15H12Cl2O. The van der Waals surface area contributed by atoms with Gasteiger partial charge < -0.3 is 0 Å². The summed E-state index contributed by atoms with van der Waals surface area (Å²) in [6, 6.07) is 10.9. The van der Waals surface area contributed by atoms with Crippen LogP contribution in [0, 0.1) is 13.8 Å². The van der Waals surface area contributed by atoms with Crippen LogP contribution in [0.15, 0.2) is 36.4 Å². The van der Waals surface area contributed by atoms with E-state index in [1.54, 1.807) is 18.2 Å². The Labute approximate surface area is 116 Å². The van der Waals surface area contributed by atoms with E-state index in [1.807, 2.05) is 32.0 Å². The van der Waals surface area contributed by atoms with Gasteiger partial charge in [0.25, 0.3) is 0 Å². The molecule has 0 aliphatic carbocycles. The van der Waals surface area contributed by atoms with Crippen LogP contribution in [-0.2, 0) is 0 Å². The van der Waals surface area contributed by atoms with E-state index in [2.05, 4.69) is 0 Å². The van der Waals surface area contributed by atoms with Gasteiger partial charge in [-0.05, 0) is 37.1 Å². The van der Waals surface area contributed by atoms with Crippen molar-refractivity contribution in [3.8, 4) is 0 Å². The lowest BCUT2D eigenvalue weighted by molar-refractivity contribution is 0.103. The molecule has 0 aliphatic rings. The molecule has 0 bridgehead atoms. The van der Waals surface area contributed by atoms with E-state index < -0.39 is 0 Å². The molecule has 0 fully saturated rings. The Morgan fingerprint density at radius 1 is 0.944 bits per heavy atom. The summed E-state index contributed by atoms with van der Waals surface area (Å²) in [6.45, 7) is 3.83. The molecule has 0 unspecified atom stereocenters. The summed E-state index contributed by atoms with van der Waals surface area (Å²) >= 11 is 12.0. The second-order valence-corrected chi connectivity index (χ2v) is 4.98. The van der Waals surface area contributed by atoms with Gasteiger partial charge in [0.1, 0.15) is 0 Å². The summed E-state index contributed by atoms with van der Waals surface area (Å²) in [5.41, 5.74) is 3.02. The van der Waals surface area contributed by atoms with Crippen molar-refractivity contribution in [3.63, 3.8) is 0 Å². The fourth-order valence-corrected chi connectivity index (χ4v) is 2.37. The number of carbonyl (C=O) groups excluding carboxylic acids is 1. The fraction of sp³-hybridized carbons (Fsp3) is 0.133. The minimum Gasteiger partial charge on any atom is -0.289 e. The number of carbonyl (C=O) groups is 1. The van der Waals surface area contributed by atoms with Crippen LogP contribution in [0.25, 0.3) is 0 Å². The van der Waals surface area contributed by atoms with Crippen molar-refractivity contribution in [2.75, 3.05) is 0 Å². The van der Waals surface area contributed by atoms with Crippen molar-refractivity contribution < 1.29 is 4.79 Å². The molecule has 2 aromatic rings. The minimum absolute atomic E-state index is 0.0851. The van der Waals surface area contributed by atoms with Crippen LogP contribution in [0.5, 0.6) is 0 Å². The number of ketones is 1. The molecule has 2 rings (SSSR count). The molecule has 0 amide bonds. The van der Waals surface area contributed by atoms with Crippen molar-refractivity contribution in [2.45, 2.75) is 13.8 Å². The molecule has 0 N–H and O–H groups in total. The molecule has 0 saturated heterocycles. The van der Waals surface area contributed by atoms with Gasteiger partial charge in [0.15, 0.2) is 5.78 Å². The van der Waals surface area contributed by atoms with E-state index in [9.17, 15) is 4.79 Å². The number of hydrogen-bond donors (Lipinski definition) is 0.